The molecule has 1 N–H and O–H groups in total. The average molecular weight is 356 g/mol. The van der Waals surface area contributed by atoms with Crippen LogP contribution in [-0.4, -0.2) is 24.5 Å². The van der Waals surface area contributed by atoms with Crippen molar-refractivity contribution in [2.24, 2.45) is 0 Å². The zero-order valence-corrected chi connectivity index (χ0v) is 14.6. The highest BCUT2D eigenvalue weighted by Gasteiger charge is 2.10. The van der Waals surface area contributed by atoms with Crippen molar-refractivity contribution in [3.05, 3.63) is 69.8 Å². The molecule has 0 fully saturated rings. The second-order valence-electron chi connectivity index (χ2n) is 5.29. The van der Waals surface area contributed by atoms with Gasteiger partial charge in [-0.2, -0.15) is 0 Å². The lowest BCUT2D eigenvalue weighted by molar-refractivity contribution is -0.385. The Labute approximate surface area is 151 Å². The van der Waals surface area contributed by atoms with Gasteiger partial charge in [0.2, 0.25) is 5.91 Å². The van der Waals surface area contributed by atoms with E-state index in [1.807, 2.05) is 13.0 Å². The molecule has 2 aromatic carbocycles. The van der Waals surface area contributed by atoms with Crippen LogP contribution >= 0.6 is 0 Å². The summed E-state index contributed by atoms with van der Waals surface area (Å²) in [5, 5.41) is 13.7. The molecular weight excluding hydrogens is 336 g/mol. The minimum absolute atomic E-state index is 0.0483. The quantitative estimate of drug-likeness (QED) is 0.445. The number of hydrogen-bond acceptors (Lipinski definition) is 5. The van der Waals surface area contributed by atoms with Crippen molar-refractivity contribution < 1.29 is 19.2 Å². The third-order valence-electron chi connectivity index (χ3n) is 3.54. The fourth-order valence-electron chi connectivity index (χ4n) is 2.31. The summed E-state index contributed by atoms with van der Waals surface area (Å²) in [5.41, 5.74) is 1.17. The number of nitro benzene ring substituents is 1. The van der Waals surface area contributed by atoms with Gasteiger partial charge in [-0.05, 0) is 36.8 Å². The van der Waals surface area contributed by atoms with E-state index in [1.54, 1.807) is 37.4 Å². The molecule has 0 unspecified atom stereocenters. The molecule has 2 aromatic rings. The summed E-state index contributed by atoms with van der Waals surface area (Å²) in [7, 11) is 1.55. The Morgan fingerprint density at radius 1 is 1.23 bits per heavy atom. The molecule has 1 amide bonds. The third kappa shape index (κ3) is 5.07. The summed E-state index contributed by atoms with van der Waals surface area (Å²) in [6.07, 6.45) is 2.69. The van der Waals surface area contributed by atoms with E-state index < -0.39 is 4.92 Å². The first-order chi connectivity index (χ1) is 12.5. The first-order valence-corrected chi connectivity index (χ1v) is 8.04. The summed E-state index contributed by atoms with van der Waals surface area (Å²) in [6, 6.07) is 11.6. The van der Waals surface area contributed by atoms with Gasteiger partial charge in [0, 0.05) is 18.7 Å². The van der Waals surface area contributed by atoms with Crippen molar-refractivity contribution in [3.63, 3.8) is 0 Å². The average Bonchev–Trinajstić information content (AvgIpc) is 2.65. The van der Waals surface area contributed by atoms with Crippen LogP contribution in [0, 0.1) is 10.1 Å². The number of amides is 1. The molecular formula is C19H20N2O5. The standard InChI is InChI=1S/C19H20N2O5/c1-3-26-17-10-8-14(12-18(17)25-2)13-20-19(22)11-9-15-6-4-5-7-16(15)21(23)24/h4-12H,3,13H2,1-2H3,(H,20,22)/b11-9+. The molecule has 26 heavy (non-hydrogen) atoms. The van der Waals surface area contributed by atoms with Crippen LogP contribution in [0.1, 0.15) is 18.1 Å². The van der Waals surface area contributed by atoms with Gasteiger partial charge in [0.25, 0.3) is 5.69 Å². The lowest BCUT2D eigenvalue weighted by Gasteiger charge is -2.11. The van der Waals surface area contributed by atoms with Crippen LogP contribution in [0.15, 0.2) is 48.5 Å². The van der Waals surface area contributed by atoms with E-state index in [9.17, 15) is 14.9 Å². The van der Waals surface area contributed by atoms with E-state index >= 15 is 0 Å². The zero-order chi connectivity index (χ0) is 18.9. The maximum atomic E-state index is 12.0. The van der Waals surface area contributed by atoms with Gasteiger partial charge in [-0.1, -0.05) is 18.2 Å². The number of methoxy groups -OCH3 is 1. The molecule has 0 aliphatic carbocycles. The zero-order valence-electron chi connectivity index (χ0n) is 14.6. The molecule has 0 aliphatic rings. The van der Waals surface area contributed by atoms with Crippen molar-refractivity contribution >= 4 is 17.7 Å². The Morgan fingerprint density at radius 3 is 2.69 bits per heavy atom. The molecule has 0 aliphatic heterocycles. The maximum Gasteiger partial charge on any atom is 0.276 e. The van der Waals surface area contributed by atoms with Crippen LogP contribution in [0.4, 0.5) is 5.69 Å². The van der Waals surface area contributed by atoms with E-state index in [2.05, 4.69) is 5.32 Å². The van der Waals surface area contributed by atoms with Crippen LogP contribution < -0.4 is 14.8 Å². The fraction of sp³-hybridized carbons (Fsp3) is 0.211. The molecule has 7 nitrogen and oxygen atoms in total. The topological polar surface area (TPSA) is 90.7 Å². The molecule has 0 heterocycles. The highest BCUT2D eigenvalue weighted by atomic mass is 16.6. The Bertz CT molecular complexity index is 817. The molecule has 0 saturated carbocycles. The minimum atomic E-state index is -0.482. The smallest absolute Gasteiger partial charge is 0.276 e. The number of ether oxygens (including phenoxy) is 2. The first-order valence-electron chi connectivity index (χ1n) is 8.04. The number of carbonyl (C=O) groups excluding carboxylic acids is 1. The van der Waals surface area contributed by atoms with Crippen LogP contribution in [-0.2, 0) is 11.3 Å². The monoisotopic (exact) mass is 356 g/mol. The highest BCUT2D eigenvalue weighted by Crippen LogP contribution is 2.28. The van der Waals surface area contributed by atoms with Gasteiger partial charge >= 0.3 is 0 Å². The van der Waals surface area contributed by atoms with Gasteiger partial charge in [0.1, 0.15) is 0 Å². The largest absolute Gasteiger partial charge is 0.493 e. The highest BCUT2D eigenvalue weighted by molar-refractivity contribution is 5.92. The second kappa shape index (κ2) is 9.22. The maximum absolute atomic E-state index is 12.0. The van der Waals surface area contributed by atoms with Gasteiger partial charge in [0.05, 0.1) is 24.2 Å². The number of nitro groups is 1. The number of carbonyl (C=O) groups is 1. The van der Waals surface area contributed by atoms with Crippen molar-refractivity contribution in [1.29, 1.82) is 0 Å². The van der Waals surface area contributed by atoms with Crippen molar-refractivity contribution in [3.8, 4) is 11.5 Å². The number of nitrogens with one attached hydrogen (secondary N) is 1. The van der Waals surface area contributed by atoms with E-state index in [0.29, 0.717) is 30.2 Å². The summed E-state index contributed by atoms with van der Waals surface area (Å²) in [5.74, 6) is 0.881. The molecule has 2 rings (SSSR count). The summed E-state index contributed by atoms with van der Waals surface area (Å²) in [6.45, 7) is 2.71. The van der Waals surface area contributed by atoms with Gasteiger partial charge in [-0.3, -0.25) is 14.9 Å². The number of para-hydroxylation sites is 1. The summed E-state index contributed by atoms with van der Waals surface area (Å²) < 4.78 is 10.7. The lowest BCUT2D eigenvalue weighted by Crippen LogP contribution is -2.20. The van der Waals surface area contributed by atoms with Crippen molar-refractivity contribution in [1.82, 2.24) is 5.32 Å². The third-order valence-corrected chi connectivity index (χ3v) is 3.54. The Hall–Kier alpha value is -3.35. The summed E-state index contributed by atoms with van der Waals surface area (Å²) in [4.78, 5) is 22.4. The predicted octanol–water partition coefficient (Wildman–Crippen LogP) is 3.33. The van der Waals surface area contributed by atoms with Gasteiger partial charge in [-0.15, -0.1) is 0 Å². The number of hydrogen-bond donors (Lipinski definition) is 1. The second-order valence-corrected chi connectivity index (χ2v) is 5.29. The number of nitrogens with zero attached hydrogens (tertiary/aromatic N) is 1. The number of benzene rings is 2. The fourth-order valence-corrected chi connectivity index (χ4v) is 2.31. The van der Waals surface area contributed by atoms with E-state index in [4.69, 9.17) is 9.47 Å². The molecule has 0 aromatic heterocycles. The lowest BCUT2D eigenvalue weighted by atomic mass is 10.1. The molecule has 136 valence electrons. The Balaban J connectivity index is 2.00. The Morgan fingerprint density at radius 2 is 2.00 bits per heavy atom. The van der Waals surface area contributed by atoms with Crippen LogP contribution in [0.25, 0.3) is 6.08 Å². The van der Waals surface area contributed by atoms with E-state index in [-0.39, 0.29) is 11.6 Å². The molecule has 0 bridgehead atoms. The van der Waals surface area contributed by atoms with E-state index in [0.717, 1.165) is 5.56 Å². The summed E-state index contributed by atoms with van der Waals surface area (Å²) >= 11 is 0. The van der Waals surface area contributed by atoms with Gasteiger partial charge in [-0.25, -0.2) is 0 Å². The minimum Gasteiger partial charge on any atom is -0.493 e. The normalized spacial score (nSPS) is 10.5. The van der Waals surface area contributed by atoms with Crippen LogP contribution in [0.5, 0.6) is 11.5 Å². The molecule has 0 spiro atoms. The molecule has 0 radical (unpaired) electrons. The van der Waals surface area contributed by atoms with Crippen LogP contribution in [0.3, 0.4) is 0 Å². The molecule has 7 heteroatoms. The Kier molecular flexibility index (Phi) is 6.73. The van der Waals surface area contributed by atoms with Crippen molar-refractivity contribution in [2.75, 3.05) is 13.7 Å². The van der Waals surface area contributed by atoms with Gasteiger partial charge < -0.3 is 14.8 Å². The van der Waals surface area contributed by atoms with Gasteiger partial charge in [0.15, 0.2) is 11.5 Å². The molecule has 0 atom stereocenters. The van der Waals surface area contributed by atoms with E-state index in [1.165, 1.54) is 18.2 Å². The van der Waals surface area contributed by atoms with Crippen LogP contribution in [0.2, 0.25) is 0 Å². The predicted molar refractivity (Wildman–Crippen MR) is 98.1 cm³/mol. The molecule has 0 saturated heterocycles. The first kappa shape index (κ1) is 19.0. The van der Waals surface area contributed by atoms with Crippen molar-refractivity contribution in [2.45, 2.75) is 13.5 Å². The number of rotatable bonds is 8. The SMILES string of the molecule is CCOc1ccc(CNC(=O)/C=C/c2ccccc2[N+](=O)[O-])cc1OC.